The van der Waals surface area contributed by atoms with Crippen LogP contribution in [0.3, 0.4) is 0 Å². The van der Waals surface area contributed by atoms with Gasteiger partial charge in [-0.3, -0.25) is 14.5 Å². The maximum Gasteiger partial charge on any atom is 0.264 e. The maximum absolute atomic E-state index is 12.7. The SMILES string of the molecule is Cc1ccc(N2C(=O)C(C)SC2=C(C#N)C(=O)NCCc2ccccc2)cc1. The van der Waals surface area contributed by atoms with Crippen molar-refractivity contribution < 1.29 is 9.59 Å². The van der Waals surface area contributed by atoms with Gasteiger partial charge in [-0.05, 0) is 38.0 Å². The summed E-state index contributed by atoms with van der Waals surface area (Å²) in [6.07, 6.45) is 0.671. The Hall–Kier alpha value is -3.04. The summed E-state index contributed by atoms with van der Waals surface area (Å²) in [5.41, 5.74) is 2.80. The monoisotopic (exact) mass is 391 g/mol. The summed E-state index contributed by atoms with van der Waals surface area (Å²) in [5.74, 6) is -0.589. The van der Waals surface area contributed by atoms with Gasteiger partial charge < -0.3 is 5.32 Å². The molecule has 2 aromatic rings. The van der Waals surface area contributed by atoms with E-state index in [1.54, 1.807) is 6.92 Å². The first kappa shape index (κ1) is 19.7. The van der Waals surface area contributed by atoms with Crippen molar-refractivity contribution in [3.63, 3.8) is 0 Å². The van der Waals surface area contributed by atoms with Gasteiger partial charge in [0, 0.05) is 12.2 Å². The van der Waals surface area contributed by atoms with Crippen LogP contribution >= 0.6 is 11.8 Å². The fourth-order valence-corrected chi connectivity index (χ4v) is 4.01. The van der Waals surface area contributed by atoms with Gasteiger partial charge in [-0.15, -0.1) is 0 Å². The first-order valence-electron chi connectivity index (χ1n) is 9.05. The average Bonchev–Trinajstić information content (AvgIpc) is 2.98. The van der Waals surface area contributed by atoms with E-state index in [4.69, 9.17) is 0 Å². The van der Waals surface area contributed by atoms with Gasteiger partial charge >= 0.3 is 0 Å². The lowest BCUT2D eigenvalue weighted by molar-refractivity contribution is -0.117. The molecule has 0 spiro atoms. The van der Waals surface area contributed by atoms with Crippen LogP contribution in [0.1, 0.15) is 18.1 Å². The van der Waals surface area contributed by atoms with E-state index in [2.05, 4.69) is 5.32 Å². The van der Waals surface area contributed by atoms with Crippen molar-refractivity contribution in [3.8, 4) is 6.07 Å². The predicted octanol–water partition coefficient (Wildman–Crippen LogP) is 3.56. The number of nitrogens with one attached hydrogen (secondary N) is 1. The molecule has 1 aliphatic heterocycles. The van der Waals surface area contributed by atoms with Crippen molar-refractivity contribution in [1.82, 2.24) is 5.32 Å². The summed E-state index contributed by atoms with van der Waals surface area (Å²) in [5, 5.41) is 12.5. The second-order valence-electron chi connectivity index (χ2n) is 6.55. The predicted molar refractivity (Wildman–Crippen MR) is 112 cm³/mol. The fraction of sp³-hybridized carbons (Fsp3) is 0.227. The van der Waals surface area contributed by atoms with Crippen LogP contribution in [0.15, 0.2) is 65.2 Å². The highest BCUT2D eigenvalue weighted by molar-refractivity contribution is 8.05. The van der Waals surface area contributed by atoms with E-state index in [-0.39, 0.29) is 16.7 Å². The van der Waals surface area contributed by atoms with Gasteiger partial charge in [0.1, 0.15) is 16.7 Å². The van der Waals surface area contributed by atoms with Gasteiger partial charge in [-0.2, -0.15) is 5.26 Å². The number of rotatable bonds is 5. The number of carbonyl (C=O) groups excluding carboxylic acids is 2. The molecule has 1 fully saturated rings. The molecule has 0 aliphatic carbocycles. The minimum atomic E-state index is -0.458. The number of carbonyl (C=O) groups is 2. The number of nitrogens with zero attached hydrogens (tertiary/aromatic N) is 2. The molecule has 2 amide bonds. The van der Waals surface area contributed by atoms with Crippen LogP contribution in [-0.4, -0.2) is 23.6 Å². The number of amides is 2. The van der Waals surface area contributed by atoms with E-state index in [0.29, 0.717) is 23.7 Å². The average molecular weight is 391 g/mol. The maximum atomic E-state index is 12.7. The quantitative estimate of drug-likeness (QED) is 0.625. The molecule has 0 bridgehead atoms. The fourth-order valence-electron chi connectivity index (χ4n) is 2.91. The molecule has 0 saturated carbocycles. The summed E-state index contributed by atoms with van der Waals surface area (Å²) >= 11 is 1.24. The number of hydrogen-bond donors (Lipinski definition) is 1. The van der Waals surface area contributed by atoms with Gasteiger partial charge in [0.2, 0.25) is 5.91 Å². The Bertz CT molecular complexity index is 946. The highest BCUT2D eigenvalue weighted by atomic mass is 32.2. The molecule has 1 heterocycles. The third kappa shape index (κ3) is 4.26. The summed E-state index contributed by atoms with van der Waals surface area (Å²) in [4.78, 5) is 26.8. The molecule has 1 saturated heterocycles. The smallest absolute Gasteiger partial charge is 0.264 e. The van der Waals surface area contributed by atoms with Crippen molar-refractivity contribution in [3.05, 3.63) is 76.3 Å². The number of aryl methyl sites for hydroxylation is 1. The van der Waals surface area contributed by atoms with Gasteiger partial charge in [0.05, 0.1) is 5.25 Å². The lowest BCUT2D eigenvalue weighted by atomic mass is 10.1. The molecule has 1 unspecified atom stereocenters. The Kier molecular flexibility index (Phi) is 6.17. The number of benzene rings is 2. The summed E-state index contributed by atoms with van der Waals surface area (Å²) in [6, 6.07) is 19.3. The normalized spacial score (nSPS) is 18.0. The molecule has 5 nitrogen and oxygen atoms in total. The van der Waals surface area contributed by atoms with Crippen LogP contribution in [0.2, 0.25) is 0 Å². The van der Waals surface area contributed by atoms with E-state index in [1.807, 2.05) is 67.6 Å². The van der Waals surface area contributed by atoms with Gasteiger partial charge in [-0.1, -0.05) is 59.8 Å². The molecule has 28 heavy (non-hydrogen) atoms. The van der Waals surface area contributed by atoms with E-state index >= 15 is 0 Å². The van der Waals surface area contributed by atoms with Crippen molar-refractivity contribution >= 4 is 29.3 Å². The lowest BCUT2D eigenvalue weighted by Crippen LogP contribution is -2.31. The summed E-state index contributed by atoms with van der Waals surface area (Å²) in [7, 11) is 0. The number of nitriles is 1. The van der Waals surface area contributed by atoms with Crippen LogP contribution in [0.5, 0.6) is 0 Å². The minimum Gasteiger partial charge on any atom is -0.351 e. The second kappa shape index (κ2) is 8.77. The van der Waals surface area contributed by atoms with E-state index in [0.717, 1.165) is 11.1 Å². The largest absolute Gasteiger partial charge is 0.351 e. The van der Waals surface area contributed by atoms with E-state index < -0.39 is 5.91 Å². The standard InChI is InChI=1S/C22H21N3O2S/c1-15-8-10-18(11-9-15)25-21(27)16(2)28-22(25)19(14-23)20(26)24-13-12-17-6-4-3-5-7-17/h3-11,16H,12-13H2,1-2H3,(H,24,26). The van der Waals surface area contributed by atoms with Gasteiger partial charge in [0.15, 0.2) is 0 Å². The van der Waals surface area contributed by atoms with Crippen molar-refractivity contribution in [2.75, 3.05) is 11.4 Å². The Morgan fingerprint density at radius 3 is 2.50 bits per heavy atom. The zero-order valence-electron chi connectivity index (χ0n) is 15.8. The van der Waals surface area contributed by atoms with Crippen LogP contribution in [0.25, 0.3) is 0 Å². The van der Waals surface area contributed by atoms with Gasteiger partial charge in [-0.25, -0.2) is 0 Å². The Morgan fingerprint density at radius 1 is 1.18 bits per heavy atom. The topological polar surface area (TPSA) is 73.2 Å². The summed E-state index contributed by atoms with van der Waals surface area (Å²) in [6.45, 7) is 4.16. The molecule has 142 valence electrons. The first-order valence-corrected chi connectivity index (χ1v) is 9.93. The second-order valence-corrected chi connectivity index (χ2v) is 7.88. The Balaban J connectivity index is 1.82. The Morgan fingerprint density at radius 2 is 1.86 bits per heavy atom. The molecule has 1 atom stereocenters. The van der Waals surface area contributed by atoms with Crippen molar-refractivity contribution in [2.45, 2.75) is 25.5 Å². The van der Waals surface area contributed by atoms with E-state index in [9.17, 15) is 14.9 Å². The third-order valence-electron chi connectivity index (χ3n) is 4.45. The minimum absolute atomic E-state index is 0.0312. The van der Waals surface area contributed by atoms with Crippen molar-refractivity contribution in [1.29, 1.82) is 5.26 Å². The molecular weight excluding hydrogens is 370 g/mol. The van der Waals surface area contributed by atoms with E-state index in [1.165, 1.54) is 16.7 Å². The molecule has 1 N–H and O–H groups in total. The zero-order chi connectivity index (χ0) is 20.1. The molecule has 1 aliphatic rings. The molecular formula is C22H21N3O2S. The van der Waals surface area contributed by atoms with Crippen molar-refractivity contribution in [2.24, 2.45) is 0 Å². The van der Waals surface area contributed by atoms with Crippen LogP contribution < -0.4 is 10.2 Å². The number of hydrogen-bond acceptors (Lipinski definition) is 4. The molecule has 0 aromatic heterocycles. The molecule has 6 heteroatoms. The van der Waals surface area contributed by atoms with Crippen LogP contribution in [-0.2, 0) is 16.0 Å². The van der Waals surface area contributed by atoms with Gasteiger partial charge in [0.25, 0.3) is 5.91 Å². The highest BCUT2D eigenvalue weighted by Crippen LogP contribution is 2.40. The first-order chi connectivity index (χ1) is 13.5. The van der Waals surface area contributed by atoms with Crippen LogP contribution in [0.4, 0.5) is 5.69 Å². The molecule has 3 rings (SSSR count). The molecule has 2 aromatic carbocycles. The lowest BCUT2D eigenvalue weighted by Gasteiger charge is -2.18. The summed E-state index contributed by atoms with van der Waals surface area (Å²) < 4.78 is 0. The van der Waals surface area contributed by atoms with Crippen LogP contribution in [0, 0.1) is 18.3 Å². The Labute approximate surface area is 169 Å². The zero-order valence-corrected chi connectivity index (χ0v) is 16.6. The number of thioether (sulfide) groups is 1. The molecule has 0 radical (unpaired) electrons. The highest BCUT2D eigenvalue weighted by Gasteiger charge is 2.38. The third-order valence-corrected chi connectivity index (χ3v) is 5.61. The number of anilines is 1.